The number of benzene rings is 1. The van der Waals surface area contributed by atoms with Crippen molar-refractivity contribution >= 4 is 11.8 Å². The lowest BCUT2D eigenvalue weighted by Gasteiger charge is -2.19. The second-order valence-corrected chi connectivity index (χ2v) is 6.78. The van der Waals surface area contributed by atoms with Crippen molar-refractivity contribution in [1.29, 1.82) is 0 Å². The number of ether oxygens (including phenoxy) is 1. The second-order valence-electron chi connectivity index (χ2n) is 6.78. The topological polar surface area (TPSA) is 75.6 Å². The Morgan fingerprint density at radius 2 is 1.91 bits per heavy atom. The van der Waals surface area contributed by atoms with Crippen LogP contribution < -0.4 is 10.1 Å². The fraction of sp³-hybridized carbons (Fsp3) is 0.529. The molecular formula is C17H25NO4. The summed E-state index contributed by atoms with van der Waals surface area (Å²) in [7, 11) is 0. The molecule has 0 fully saturated rings. The van der Waals surface area contributed by atoms with Crippen LogP contribution in [0.2, 0.25) is 0 Å². The third-order valence-electron chi connectivity index (χ3n) is 2.86. The molecule has 0 atom stereocenters. The Bertz CT molecular complexity index is 544. The Labute approximate surface area is 131 Å². The smallest absolute Gasteiger partial charge is 0.311 e. The van der Waals surface area contributed by atoms with Crippen molar-refractivity contribution in [2.24, 2.45) is 5.92 Å². The fourth-order valence-electron chi connectivity index (χ4n) is 1.72. The van der Waals surface area contributed by atoms with Gasteiger partial charge in [-0.15, -0.1) is 0 Å². The lowest BCUT2D eigenvalue weighted by Crippen LogP contribution is -2.39. The molecule has 0 saturated carbocycles. The van der Waals surface area contributed by atoms with E-state index < -0.39 is 5.97 Å². The number of nitrogens with one attached hydrogen (secondary N) is 1. The number of phenolic OH excluding ortho intramolecular Hbond substituents is 1. The van der Waals surface area contributed by atoms with Crippen LogP contribution in [0.5, 0.6) is 11.5 Å². The minimum atomic E-state index is -0.404. The van der Waals surface area contributed by atoms with E-state index in [1.165, 1.54) is 12.1 Å². The van der Waals surface area contributed by atoms with Crippen molar-refractivity contribution in [1.82, 2.24) is 5.32 Å². The minimum absolute atomic E-state index is 0.0750. The number of carbonyl (C=O) groups excluding carboxylic acids is 2. The Morgan fingerprint density at radius 1 is 1.27 bits per heavy atom. The van der Waals surface area contributed by atoms with Crippen molar-refractivity contribution in [3.8, 4) is 11.5 Å². The van der Waals surface area contributed by atoms with E-state index >= 15 is 0 Å². The highest BCUT2D eigenvalue weighted by molar-refractivity contribution is 5.98. The largest absolute Gasteiger partial charge is 0.504 e. The van der Waals surface area contributed by atoms with Gasteiger partial charge in [0, 0.05) is 17.5 Å². The first-order valence-electron chi connectivity index (χ1n) is 7.40. The van der Waals surface area contributed by atoms with Gasteiger partial charge in [-0.3, -0.25) is 9.59 Å². The second kappa shape index (κ2) is 7.40. The zero-order valence-corrected chi connectivity index (χ0v) is 13.9. The quantitative estimate of drug-likeness (QED) is 0.480. The molecular weight excluding hydrogens is 282 g/mol. The van der Waals surface area contributed by atoms with Crippen LogP contribution in [0.3, 0.4) is 0 Å². The average Bonchev–Trinajstić information content (AvgIpc) is 2.36. The van der Waals surface area contributed by atoms with Gasteiger partial charge in [0.05, 0.1) is 6.54 Å². The molecule has 2 N–H and O–H groups in total. The van der Waals surface area contributed by atoms with Gasteiger partial charge < -0.3 is 15.2 Å². The maximum Gasteiger partial charge on any atom is 0.311 e. The normalized spacial score (nSPS) is 11.5. The first-order chi connectivity index (χ1) is 10.1. The number of esters is 1. The Hall–Kier alpha value is -1.88. The van der Waals surface area contributed by atoms with Gasteiger partial charge in [0.15, 0.2) is 17.3 Å². The molecule has 5 heteroatoms. The molecule has 0 unspecified atom stereocenters. The van der Waals surface area contributed by atoms with Crippen molar-refractivity contribution < 1.29 is 19.4 Å². The summed E-state index contributed by atoms with van der Waals surface area (Å²) in [4.78, 5) is 23.6. The van der Waals surface area contributed by atoms with Crippen LogP contribution in [0.4, 0.5) is 0 Å². The number of rotatable bonds is 6. The molecule has 0 radical (unpaired) electrons. The van der Waals surface area contributed by atoms with Crippen molar-refractivity contribution in [3.63, 3.8) is 0 Å². The van der Waals surface area contributed by atoms with E-state index in [-0.39, 0.29) is 41.7 Å². The van der Waals surface area contributed by atoms with Crippen molar-refractivity contribution in [3.05, 3.63) is 23.8 Å². The average molecular weight is 307 g/mol. The molecule has 0 aliphatic heterocycles. The maximum atomic E-state index is 12.0. The summed E-state index contributed by atoms with van der Waals surface area (Å²) in [5, 5.41) is 13.0. The summed E-state index contributed by atoms with van der Waals surface area (Å²) in [5.74, 6) is -0.493. The molecule has 122 valence electrons. The fourth-order valence-corrected chi connectivity index (χ4v) is 1.72. The van der Waals surface area contributed by atoms with Crippen LogP contribution in [0.25, 0.3) is 0 Å². The summed E-state index contributed by atoms with van der Waals surface area (Å²) in [6.07, 6.45) is 0.273. The van der Waals surface area contributed by atoms with Gasteiger partial charge in [-0.25, -0.2) is 0 Å². The van der Waals surface area contributed by atoms with Gasteiger partial charge >= 0.3 is 5.97 Å². The van der Waals surface area contributed by atoms with Gasteiger partial charge in [0.25, 0.3) is 0 Å². The number of ketones is 1. The van der Waals surface area contributed by atoms with E-state index in [0.717, 1.165) is 0 Å². The highest BCUT2D eigenvalue weighted by atomic mass is 16.5. The number of carbonyl (C=O) groups is 2. The van der Waals surface area contributed by atoms with E-state index in [1.807, 2.05) is 34.6 Å². The predicted molar refractivity (Wildman–Crippen MR) is 85.3 cm³/mol. The van der Waals surface area contributed by atoms with Crippen LogP contribution in [0.1, 0.15) is 51.4 Å². The molecule has 0 aliphatic carbocycles. The summed E-state index contributed by atoms with van der Waals surface area (Å²) in [6.45, 7) is 9.89. The molecule has 0 aliphatic rings. The SMILES string of the molecule is CC(C)CC(=O)Oc1ccc(C(=O)CNC(C)(C)C)cc1O. The molecule has 1 aromatic rings. The van der Waals surface area contributed by atoms with Crippen molar-refractivity contribution in [2.75, 3.05) is 6.54 Å². The molecule has 0 amide bonds. The molecule has 0 bridgehead atoms. The van der Waals surface area contributed by atoms with Gasteiger partial charge in [-0.2, -0.15) is 0 Å². The van der Waals surface area contributed by atoms with Crippen LogP contribution in [-0.2, 0) is 4.79 Å². The van der Waals surface area contributed by atoms with Crippen LogP contribution in [0, 0.1) is 5.92 Å². The van der Waals surface area contributed by atoms with E-state index in [2.05, 4.69) is 5.32 Å². The zero-order chi connectivity index (χ0) is 16.9. The molecule has 0 heterocycles. The lowest BCUT2D eigenvalue weighted by atomic mass is 10.1. The molecule has 22 heavy (non-hydrogen) atoms. The third-order valence-corrected chi connectivity index (χ3v) is 2.86. The Morgan fingerprint density at radius 3 is 2.41 bits per heavy atom. The number of Topliss-reactive ketones (excluding diaryl/α,β-unsaturated/α-hetero) is 1. The monoisotopic (exact) mass is 307 g/mol. The van der Waals surface area contributed by atoms with E-state index in [9.17, 15) is 14.7 Å². The van der Waals surface area contributed by atoms with Gasteiger partial charge in [0.1, 0.15) is 0 Å². The van der Waals surface area contributed by atoms with E-state index in [0.29, 0.717) is 5.56 Å². The minimum Gasteiger partial charge on any atom is -0.504 e. The van der Waals surface area contributed by atoms with Gasteiger partial charge in [-0.05, 0) is 44.9 Å². The number of aromatic hydroxyl groups is 1. The highest BCUT2D eigenvalue weighted by Crippen LogP contribution is 2.27. The summed E-state index contributed by atoms with van der Waals surface area (Å²) < 4.78 is 5.09. The molecule has 0 saturated heterocycles. The molecule has 0 spiro atoms. The summed E-state index contributed by atoms with van der Waals surface area (Å²) in [6, 6.07) is 4.31. The highest BCUT2D eigenvalue weighted by Gasteiger charge is 2.16. The van der Waals surface area contributed by atoms with Crippen molar-refractivity contribution in [2.45, 2.75) is 46.6 Å². The standard InChI is InChI=1S/C17H25NO4/c1-11(2)8-16(21)22-15-7-6-12(9-13(15)19)14(20)10-18-17(3,4)5/h6-7,9,11,18-19H,8,10H2,1-5H3. The van der Waals surface area contributed by atoms with E-state index in [1.54, 1.807) is 6.07 Å². The summed E-state index contributed by atoms with van der Waals surface area (Å²) >= 11 is 0. The number of hydrogen-bond donors (Lipinski definition) is 2. The maximum absolute atomic E-state index is 12.0. The van der Waals surface area contributed by atoms with E-state index in [4.69, 9.17) is 4.74 Å². The van der Waals surface area contributed by atoms with Gasteiger partial charge in [-0.1, -0.05) is 13.8 Å². The molecule has 0 aromatic heterocycles. The first kappa shape index (κ1) is 18.2. The molecule has 1 rings (SSSR count). The summed E-state index contributed by atoms with van der Waals surface area (Å²) in [5.41, 5.74) is 0.210. The molecule has 1 aromatic carbocycles. The van der Waals surface area contributed by atoms with Crippen LogP contribution in [0.15, 0.2) is 18.2 Å². The lowest BCUT2D eigenvalue weighted by molar-refractivity contribution is -0.135. The Kier molecular flexibility index (Phi) is 6.11. The van der Waals surface area contributed by atoms with Crippen LogP contribution in [-0.4, -0.2) is 28.9 Å². The van der Waals surface area contributed by atoms with Gasteiger partial charge in [0.2, 0.25) is 0 Å². The zero-order valence-electron chi connectivity index (χ0n) is 13.9. The third kappa shape index (κ3) is 6.26. The van der Waals surface area contributed by atoms with Crippen LogP contribution >= 0.6 is 0 Å². The first-order valence-corrected chi connectivity index (χ1v) is 7.40. The number of hydrogen-bond acceptors (Lipinski definition) is 5. The predicted octanol–water partition coefficient (Wildman–Crippen LogP) is 2.91. The number of phenols is 1. The molecule has 5 nitrogen and oxygen atoms in total. The Balaban J connectivity index is 2.73.